The number of likely N-dealkylation sites (N-methyl/N-ethyl adjacent to an activating group) is 1. The molecule has 8 heavy (non-hydrogen) atoms. The van der Waals surface area contributed by atoms with Gasteiger partial charge in [-0.3, -0.25) is 4.90 Å². The minimum absolute atomic E-state index is 0.594. The van der Waals surface area contributed by atoms with Crippen LogP contribution in [0.3, 0.4) is 0 Å². The molecule has 0 N–H and O–H groups in total. The van der Waals surface area contributed by atoms with Crippen molar-refractivity contribution >= 4 is 0 Å². The van der Waals surface area contributed by atoms with Gasteiger partial charge in [0.2, 0.25) is 0 Å². The first-order chi connectivity index (χ1) is 3.79. The number of morpholine rings is 1. The molecule has 1 rings (SSSR count). The largest absolute Gasteiger partial charge is 0.534 e. The zero-order valence-corrected chi connectivity index (χ0v) is 5.09. The first kappa shape index (κ1) is 6.01. The summed E-state index contributed by atoms with van der Waals surface area (Å²) in [5.41, 5.74) is 0. The molecule has 0 spiro atoms. The second-order valence-electron chi connectivity index (χ2n) is 2.15. The van der Waals surface area contributed by atoms with E-state index in [4.69, 9.17) is 0 Å². The van der Waals surface area contributed by atoms with Gasteiger partial charge in [0.25, 0.3) is 0 Å². The fourth-order valence-electron chi connectivity index (χ4n) is 0.729. The van der Waals surface area contributed by atoms with Gasteiger partial charge < -0.3 is 9.78 Å². The minimum atomic E-state index is 0.594. The Morgan fingerprint density at radius 2 is 1.88 bits per heavy atom. The maximum Gasteiger partial charge on any atom is 0.164 e. The van der Waals surface area contributed by atoms with Crippen molar-refractivity contribution in [3.05, 3.63) is 0 Å². The highest BCUT2D eigenvalue weighted by Gasteiger charge is 2.11. The second kappa shape index (κ2) is 2.44. The molecule has 0 radical (unpaired) electrons. The summed E-state index contributed by atoms with van der Waals surface area (Å²) in [7, 11) is 2.02. The summed E-state index contributed by atoms with van der Waals surface area (Å²) in [5, 5.41) is 10.4. The molecular weight excluding hydrogens is 106 g/mol. The van der Waals surface area contributed by atoms with Crippen molar-refractivity contribution in [1.82, 2.24) is 4.90 Å². The number of hydrogen-bond acceptors (Lipinski definition) is 2. The monoisotopic (exact) mass is 117 g/mol. The lowest BCUT2D eigenvalue weighted by Crippen LogP contribution is -2.44. The summed E-state index contributed by atoms with van der Waals surface area (Å²) in [4.78, 5) is 2.14. The van der Waals surface area contributed by atoms with Crippen molar-refractivity contribution < 1.29 is 9.78 Å². The Morgan fingerprint density at radius 3 is 2.25 bits per heavy atom. The standard InChI is InChI=1S/C5H11NO2/c1-6-2-4-8(7)5-3-6/h2-5H2,1H3. The highest BCUT2D eigenvalue weighted by molar-refractivity contribution is 4.54. The zero-order valence-electron chi connectivity index (χ0n) is 5.09. The predicted octanol–water partition coefficient (Wildman–Crippen LogP) is -1.24. The quantitative estimate of drug-likeness (QED) is 0.293. The summed E-state index contributed by atoms with van der Waals surface area (Å²) < 4.78 is 1.80. The third-order valence-corrected chi connectivity index (χ3v) is 1.40. The van der Waals surface area contributed by atoms with Crippen molar-refractivity contribution in [3.8, 4) is 0 Å². The molecule has 1 aliphatic rings. The topological polar surface area (TPSA) is 29.0 Å². The Morgan fingerprint density at radius 1 is 1.38 bits per heavy atom. The normalized spacial score (nSPS) is 26.2. The molecule has 3 nitrogen and oxygen atoms in total. The molecule has 1 heterocycles. The molecule has 0 aromatic rings. The van der Waals surface area contributed by atoms with E-state index >= 15 is 0 Å². The van der Waals surface area contributed by atoms with E-state index in [1.165, 1.54) is 0 Å². The Hall–Kier alpha value is -0.120. The predicted molar refractivity (Wildman–Crippen MR) is 28.3 cm³/mol. The van der Waals surface area contributed by atoms with E-state index in [2.05, 4.69) is 4.90 Å². The van der Waals surface area contributed by atoms with Crippen molar-refractivity contribution in [2.45, 2.75) is 0 Å². The molecule has 1 fully saturated rings. The Kier molecular flexibility index (Phi) is 1.83. The van der Waals surface area contributed by atoms with Crippen LogP contribution >= 0.6 is 0 Å². The van der Waals surface area contributed by atoms with Crippen LogP contribution in [-0.2, 0) is 4.52 Å². The lowest BCUT2D eigenvalue weighted by molar-refractivity contribution is -0.797. The van der Waals surface area contributed by atoms with Gasteiger partial charge in [-0.2, -0.15) is 0 Å². The van der Waals surface area contributed by atoms with Crippen molar-refractivity contribution in [2.75, 3.05) is 33.4 Å². The van der Waals surface area contributed by atoms with Gasteiger partial charge in [-0.25, -0.2) is 0 Å². The first-order valence-electron chi connectivity index (χ1n) is 2.82. The first-order valence-corrected chi connectivity index (χ1v) is 2.82. The molecule has 0 aliphatic carbocycles. The molecule has 0 aromatic heterocycles. The fourth-order valence-corrected chi connectivity index (χ4v) is 0.729. The van der Waals surface area contributed by atoms with Crippen molar-refractivity contribution in [1.29, 1.82) is 0 Å². The number of nitrogens with zero attached hydrogens (tertiary/aromatic N) is 1. The van der Waals surface area contributed by atoms with Crippen LogP contribution in [0.5, 0.6) is 0 Å². The molecule has 1 aliphatic heterocycles. The summed E-state index contributed by atoms with van der Waals surface area (Å²) in [5.74, 6) is 0. The van der Waals surface area contributed by atoms with Gasteiger partial charge in [-0.05, 0) is 7.05 Å². The Labute approximate surface area is 49.1 Å². The van der Waals surface area contributed by atoms with Crippen LogP contribution in [0.1, 0.15) is 0 Å². The van der Waals surface area contributed by atoms with Gasteiger partial charge in [0, 0.05) is 0 Å². The van der Waals surface area contributed by atoms with E-state index in [9.17, 15) is 5.26 Å². The van der Waals surface area contributed by atoms with Crippen LogP contribution < -0.4 is 5.26 Å². The number of hydrogen-bond donors (Lipinski definition) is 0. The van der Waals surface area contributed by atoms with Gasteiger partial charge >= 0.3 is 0 Å². The average Bonchev–Trinajstić information content (AvgIpc) is 1.77. The summed E-state index contributed by atoms with van der Waals surface area (Å²) in [6.45, 7) is 2.95. The van der Waals surface area contributed by atoms with E-state index in [-0.39, 0.29) is 0 Å². The lowest BCUT2D eigenvalue weighted by atomic mass is 10.5. The van der Waals surface area contributed by atoms with Gasteiger partial charge in [-0.1, -0.05) is 0 Å². The highest BCUT2D eigenvalue weighted by atomic mass is 17.2. The van der Waals surface area contributed by atoms with Crippen molar-refractivity contribution in [3.63, 3.8) is 0 Å². The third kappa shape index (κ3) is 1.43. The Bertz CT molecular complexity index is 58.8. The van der Waals surface area contributed by atoms with Crippen LogP contribution in [0.25, 0.3) is 0 Å². The highest BCUT2D eigenvalue weighted by Crippen LogP contribution is 1.95. The molecule has 3 heteroatoms. The lowest BCUT2D eigenvalue weighted by Gasteiger charge is -2.29. The molecule has 48 valence electrons. The third-order valence-electron chi connectivity index (χ3n) is 1.40. The van der Waals surface area contributed by atoms with Crippen LogP contribution in [0, 0.1) is 0 Å². The van der Waals surface area contributed by atoms with Crippen LogP contribution in [-0.4, -0.2) is 38.3 Å². The van der Waals surface area contributed by atoms with E-state index in [0.29, 0.717) is 13.2 Å². The van der Waals surface area contributed by atoms with E-state index in [1.807, 2.05) is 7.05 Å². The van der Waals surface area contributed by atoms with Gasteiger partial charge in [0.05, 0.1) is 13.1 Å². The molecular formula is C5H11NO2. The second-order valence-corrected chi connectivity index (χ2v) is 2.15. The molecule has 1 saturated heterocycles. The Balaban J connectivity index is 2.19. The van der Waals surface area contributed by atoms with E-state index in [0.717, 1.165) is 13.1 Å². The molecule has 0 bridgehead atoms. The van der Waals surface area contributed by atoms with E-state index < -0.39 is 0 Å². The summed E-state index contributed by atoms with van der Waals surface area (Å²) in [6, 6.07) is 0. The van der Waals surface area contributed by atoms with Crippen LogP contribution in [0.15, 0.2) is 0 Å². The number of rotatable bonds is 0. The SMILES string of the molecule is CN1CC[O+]([O-])CC1. The van der Waals surface area contributed by atoms with Crippen molar-refractivity contribution in [2.24, 2.45) is 0 Å². The zero-order chi connectivity index (χ0) is 5.98. The molecule has 0 amide bonds. The smallest absolute Gasteiger partial charge is 0.164 e. The van der Waals surface area contributed by atoms with Gasteiger partial charge in [-0.15, -0.1) is 0 Å². The van der Waals surface area contributed by atoms with Crippen LogP contribution in [0.4, 0.5) is 0 Å². The molecule has 0 unspecified atom stereocenters. The van der Waals surface area contributed by atoms with Gasteiger partial charge in [0.15, 0.2) is 13.2 Å². The van der Waals surface area contributed by atoms with Gasteiger partial charge in [0.1, 0.15) is 0 Å². The molecule has 0 saturated carbocycles. The molecule has 0 atom stereocenters. The van der Waals surface area contributed by atoms with E-state index in [1.54, 1.807) is 4.52 Å². The summed E-state index contributed by atoms with van der Waals surface area (Å²) in [6.07, 6.45) is 0. The minimum Gasteiger partial charge on any atom is -0.534 e. The average molecular weight is 117 g/mol. The maximum absolute atomic E-state index is 10.4. The maximum atomic E-state index is 10.4. The fraction of sp³-hybridized carbons (Fsp3) is 1.00. The van der Waals surface area contributed by atoms with Crippen LogP contribution in [0.2, 0.25) is 0 Å². The molecule has 0 aromatic carbocycles. The summed E-state index contributed by atoms with van der Waals surface area (Å²) >= 11 is 0.